The first-order chi connectivity index (χ1) is 13.8. The molecule has 0 saturated carbocycles. The van der Waals surface area contributed by atoms with Gasteiger partial charge in [0.05, 0.1) is 10.5 Å². The number of nitro groups is 1. The molecule has 3 heterocycles. The minimum absolute atomic E-state index is 0.00654. The molecule has 1 aromatic carbocycles. The lowest BCUT2D eigenvalue weighted by atomic mass is 10.1. The maximum absolute atomic E-state index is 12.8. The molecule has 0 spiro atoms. The summed E-state index contributed by atoms with van der Waals surface area (Å²) in [5, 5.41) is 12.2. The molecule has 0 N–H and O–H groups in total. The van der Waals surface area contributed by atoms with Gasteiger partial charge in [-0.25, -0.2) is 4.98 Å². The first kappa shape index (κ1) is 18.9. The quantitative estimate of drug-likeness (QED) is 0.498. The number of amides is 1. The van der Waals surface area contributed by atoms with Gasteiger partial charge in [0.25, 0.3) is 11.6 Å². The highest BCUT2D eigenvalue weighted by Crippen LogP contribution is 2.32. The molecular formula is C21H22N4O4. The average molecular weight is 394 g/mol. The smallest absolute Gasteiger partial charge is 0.295 e. The van der Waals surface area contributed by atoms with Crippen LogP contribution in [0.25, 0.3) is 10.9 Å². The zero-order valence-corrected chi connectivity index (χ0v) is 16.6. The number of non-ortho nitro benzene ring substituents is 1. The summed E-state index contributed by atoms with van der Waals surface area (Å²) in [6.07, 6.45) is 0. The summed E-state index contributed by atoms with van der Waals surface area (Å²) in [4.78, 5) is 32.2. The van der Waals surface area contributed by atoms with Crippen LogP contribution in [0.1, 0.15) is 27.6 Å². The van der Waals surface area contributed by atoms with Crippen LogP contribution in [0.5, 0.6) is 0 Å². The van der Waals surface area contributed by atoms with E-state index >= 15 is 0 Å². The van der Waals surface area contributed by atoms with Crippen LogP contribution in [0.4, 0.5) is 11.4 Å². The highest BCUT2D eigenvalue weighted by atomic mass is 16.6. The molecule has 0 bridgehead atoms. The van der Waals surface area contributed by atoms with Crippen molar-refractivity contribution in [3.63, 3.8) is 0 Å². The number of fused-ring (bicyclic) bond motifs is 1. The largest absolute Gasteiger partial charge is 0.466 e. The molecule has 0 atom stereocenters. The summed E-state index contributed by atoms with van der Waals surface area (Å²) < 4.78 is 5.49. The van der Waals surface area contributed by atoms with E-state index in [4.69, 9.17) is 4.42 Å². The van der Waals surface area contributed by atoms with Crippen LogP contribution in [0.3, 0.4) is 0 Å². The summed E-state index contributed by atoms with van der Waals surface area (Å²) in [7, 11) is 0. The second-order valence-electron chi connectivity index (χ2n) is 7.32. The molecule has 0 aliphatic carbocycles. The third-order valence-corrected chi connectivity index (χ3v) is 5.30. The predicted octanol–water partition coefficient (Wildman–Crippen LogP) is 3.62. The van der Waals surface area contributed by atoms with Gasteiger partial charge in [-0.15, -0.1) is 0 Å². The van der Waals surface area contributed by atoms with Crippen molar-refractivity contribution in [2.75, 3.05) is 31.1 Å². The minimum Gasteiger partial charge on any atom is -0.466 e. The Balaban J connectivity index is 1.60. The van der Waals surface area contributed by atoms with E-state index in [0.29, 0.717) is 43.0 Å². The Bertz CT molecular complexity index is 1110. The van der Waals surface area contributed by atoms with E-state index in [9.17, 15) is 14.9 Å². The number of para-hydroxylation sites is 1. The SMILES string of the molecule is Cc1cc(N2CCN(C(=O)c3cc(C)oc3C)CC2)c2cccc([N+](=O)[O-])c2n1. The van der Waals surface area contributed by atoms with Crippen molar-refractivity contribution in [1.82, 2.24) is 9.88 Å². The van der Waals surface area contributed by atoms with E-state index in [1.165, 1.54) is 6.07 Å². The molecule has 1 amide bonds. The molecule has 8 nitrogen and oxygen atoms in total. The molecule has 1 aliphatic rings. The maximum Gasteiger partial charge on any atom is 0.295 e. The van der Waals surface area contributed by atoms with Crippen LogP contribution in [0.2, 0.25) is 0 Å². The van der Waals surface area contributed by atoms with Gasteiger partial charge < -0.3 is 14.2 Å². The fourth-order valence-corrected chi connectivity index (χ4v) is 3.91. The van der Waals surface area contributed by atoms with E-state index in [2.05, 4.69) is 9.88 Å². The van der Waals surface area contributed by atoms with Crippen molar-refractivity contribution in [1.29, 1.82) is 0 Å². The molecule has 2 aromatic heterocycles. The molecule has 1 fully saturated rings. The zero-order chi connectivity index (χ0) is 20.7. The molecular weight excluding hydrogens is 372 g/mol. The zero-order valence-electron chi connectivity index (χ0n) is 16.6. The lowest BCUT2D eigenvalue weighted by Gasteiger charge is -2.36. The number of nitro benzene ring substituents is 1. The molecule has 0 unspecified atom stereocenters. The Kier molecular flexibility index (Phi) is 4.70. The van der Waals surface area contributed by atoms with E-state index in [1.54, 1.807) is 19.1 Å². The molecule has 150 valence electrons. The number of hydrogen-bond acceptors (Lipinski definition) is 6. The molecule has 8 heteroatoms. The summed E-state index contributed by atoms with van der Waals surface area (Å²) in [6, 6.07) is 8.75. The van der Waals surface area contributed by atoms with Gasteiger partial charge >= 0.3 is 0 Å². The number of nitrogens with zero attached hydrogens (tertiary/aromatic N) is 4. The van der Waals surface area contributed by atoms with Crippen LogP contribution >= 0.6 is 0 Å². The number of rotatable bonds is 3. The van der Waals surface area contributed by atoms with E-state index < -0.39 is 4.92 Å². The van der Waals surface area contributed by atoms with E-state index in [1.807, 2.05) is 30.9 Å². The van der Waals surface area contributed by atoms with Gasteiger partial charge in [-0.2, -0.15) is 0 Å². The van der Waals surface area contributed by atoms with Crippen LogP contribution in [0.15, 0.2) is 34.7 Å². The standard InChI is InChI=1S/C21H22N4O4/c1-13-11-19(16-5-4-6-18(25(27)28)20(16)22-13)23-7-9-24(10-8-23)21(26)17-12-14(2)29-15(17)3/h4-6,11-12H,7-10H2,1-3H3. The topological polar surface area (TPSA) is 92.7 Å². The second kappa shape index (κ2) is 7.20. The summed E-state index contributed by atoms with van der Waals surface area (Å²) in [5.41, 5.74) is 2.66. The number of pyridine rings is 1. The fourth-order valence-electron chi connectivity index (χ4n) is 3.91. The van der Waals surface area contributed by atoms with Crippen LogP contribution < -0.4 is 4.90 Å². The van der Waals surface area contributed by atoms with Gasteiger partial charge in [0.1, 0.15) is 11.5 Å². The number of benzene rings is 1. The molecule has 1 aliphatic heterocycles. The number of aromatic nitrogens is 1. The van der Waals surface area contributed by atoms with Gasteiger partial charge in [0, 0.05) is 49.0 Å². The van der Waals surface area contributed by atoms with Gasteiger partial charge in [0.2, 0.25) is 0 Å². The van der Waals surface area contributed by atoms with Crippen LogP contribution in [0, 0.1) is 30.9 Å². The van der Waals surface area contributed by atoms with Gasteiger partial charge in [-0.1, -0.05) is 12.1 Å². The third kappa shape index (κ3) is 3.41. The van der Waals surface area contributed by atoms with Gasteiger partial charge in [0.15, 0.2) is 5.52 Å². The van der Waals surface area contributed by atoms with Crippen molar-refractivity contribution in [3.8, 4) is 0 Å². The van der Waals surface area contributed by atoms with Crippen molar-refractivity contribution < 1.29 is 14.1 Å². The monoisotopic (exact) mass is 394 g/mol. The number of carbonyl (C=O) groups is 1. The summed E-state index contributed by atoms with van der Waals surface area (Å²) in [5.74, 6) is 1.34. The fraction of sp³-hybridized carbons (Fsp3) is 0.333. The Morgan fingerprint density at radius 2 is 1.86 bits per heavy atom. The molecule has 4 rings (SSSR count). The summed E-state index contributed by atoms with van der Waals surface area (Å²) >= 11 is 0. The molecule has 1 saturated heterocycles. The lowest BCUT2D eigenvalue weighted by Crippen LogP contribution is -2.49. The lowest BCUT2D eigenvalue weighted by molar-refractivity contribution is -0.383. The van der Waals surface area contributed by atoms with Gasteiger partial charge in [-0.05, 0) is 32.9 Å². The maximum atomic E-state index is 12.8. The normalized spacial score (nSPS) is 14.4. The Morgan fingerprint density at radius 1 is 1.14 bits per heavy atom. The van der Waals surface area contributed by atoms with E-state index in [-0.39, 0.29) is 11.6 Å². The number of aryl methyl sites for hydroxylation is 3. The Labute approximate surface area is 167 Å². The number of hydrogen-bond donors (Lipinski definition) is 0. The van der Waals surface area contributed by atoms with Crippen molar-refractivity contribution in [2.45, 2.75) is 20.8 Å². The number of piperazine rings is 1. The number of furan rings is 1. The second-order valence-corrected chi connectivity index (χ2v) is 7.32. The van der Waals surface area contributed by atoms with Crippen molar-refractivity contribution in [3.05, 3.63) is 63.2 Å². The van der Waals surface area contributed by atoms with Crippen LogP contribution in [-0.4, -0.2) is 46.9 Å². The number of anilines is 1. The molecule has 29 heavy (non-hydrogen) atoms. The number of carbonyl (C=O) groups excluding carboxylic acids is 1. The first-order valence-corrected chi connectivity index (χ1v) is 9.51. The van der Waals surface area contributed by atoms with Crippen molar-refractivity contribution >= 4 is 28.2 Å². The van der Waals surface area contributed by atoms with Crippen LogP contribution in [-0.2, 0) is 0 Å². The average Bonchev–Trinajstić information content (AvgIpc) is 3.04. The minimum atomic E-state index is -0.398. The van der Waals surface area contributed by atoms with E-state index in [0.717, 1.165) is 22.5 Å². The molecule has 3 aromatic rings. The van der Waals surface area contributed by atoms with Gasteiger partial charge in [-0.3, -0.25) is 14.9 Å². The Hall–Kier alpha value is -3.42. The summed E-state index contributed by atoms with van der Waals surface area (Å²) in [6.45, 7) is 7.89. The molecule has 0 radical (unpaired) electrons. The van der Waals surface area contributed by atoms with Crippen molar-refractivity contribution in [2.24, 2.45) is 0 Å². The Morgan fingerprint density at radius 3 is 2.48 bits per heavy atom. The first-order valence-electron chi connectivity index (χ1n) is 9.51. The third-order valence-electron chi connectivity index (χ3n) is 5.30. The highest BCUT2D eigenvalue weighted by Gasteiger charge is 2.26. The predicted molar refractivity (Wildman–Crippen MR) is 109 cm³/mol. The highest BCUT2D eigenvalue weighted by molar-refractivity contribution is 5.98.